The molecule has 0 saturated carbocycles. The SMILES string of the molecule is Cc1ccc(N[C@H](C)C(=O)Nc2ccccc2F)cc1C. The van der Waals surface area contributed by atoms with Crippen LogP contribution in [0.5, 0.6) is 0 Å². The van der Waals surface area contributed by atoms with Crippen LogP contribution in [0.2, 0.25) is 0 Å². The normalized spacial score (nSPS) is 11.8. The van der Waals surface area contributed by atoms with Gasteiger partial charge in [-0.05, 0) is 56.2 Å². The number of rotatable bonds is 4. The number of carbonyl (C=O) groups is 1. The second kappa shape index (κ2) is 6.39. The number of benzene rings is 2. The molecular formula is C17H19FN2O. The van der Waals surface area contributed by atoms with Crippen LogP contribution in [0.15, 0.2) is 42.5 Å². The number of para-hydroxylation sites is 1. The summed E-state index contributed by atoms with van der Waals surface area (Å²) in [4.78, 5) is 12.1. The number of hydrogen-bond acceptors (Lipinski definition) is 2. The molecule has 0 aliphatic heterocycles. The smallest absolute Gasteiger partial charge is 0.246 e. The van der Waals surface area contributed by atoms with Gasteiger partial charge in [-0.3, -0.25) is 4.79 Å². The van der Waals surface area contributed by atoms with E-state index in [0.29, 0.717) is 0 Å². The van der Waals surface area contributed by atoms with E-state index in [0.717, 1.165) is 11.3 Å². The van der Waals surface area contributed by atoms with Crippen molar-refractivity contribution in [1.29, 1.82) is 0 Å². The van der Waals surface area contributed by atoms with Gasteiger partial charge in [0.1, 0.15) is 11.9 Å². The highest BCUT2D eigenvalue weighted by molar-refractivity contribution is 5.96. The summed E-state index contributed by atoms with van der Waals surface area (Å²) in [6.45, 7) is 5.80. The quantitative estimate of drug-likeness (QED) is 0.895. The molecule has 3 nitrogen and oxygen atoms in total. The van der Waals surface area contributed by atoms with Crippen LogP contribution < -0.4 is 10.6 Å². The monoisotopic (exact) mass is 286 g/mol. The maximum Gasteiger partial charge on any atom is 0.246 e. The molecule has 110 valence electrons. The molecule has 0 saturated heterocycles. The summed E-state index contributed by atoms with van der Waals surface area (Å²) in [6, 6.07) is 11.6. The molecule has 0 unspecified atom stereocenters. The number of halogens is 1. The summed E-state index contributed by atoms with van der Waals surface area (Å²) in [5.74, 6) is -0.720. The molecule has 0 spiro atoms. The highest BCUT2D eigenvalue weighted by atomic mass is 19.1. The van der Waals surface area contributed by atoms with E-state index in [9.17, 15) is 9.18 Å². The molecule has 0 aliphatic rings. The topological polar surface area (TPSA) is 41.1 Å². The van der Waals surface area contributed by atoms with E-state index in [2.05, 4.69) is 10.6 Å². The predicted molar refractivity (Wildman–Crippen MR) is 84.0 cm³/mol. The molecule has 1 atom stereocenters. The first-order valence-corrected chi connectivity index (χ1v) is 6.86. The van der Waals surface area contributed by atoms with E-state index in [1.807, 2.05) is 32.0 Å². The summed E-state index contributed by atoms with van der Waals surface area (Å²) in [7, 11) is 0. The zero-order chi connectivity index (χ0) is 15.4. The third kappa shape index (κ3) is 3.81. The van der Waals surface area contributed by atoms with Crippen LogP contribution in [0.25, 0.3) is 0 Å². The van der Waals surface area contributed by atoms with Gasteiger partial charge < -0.3 is 10.6 Å². The molecule has 1 amide bonds. The molecule has 2 rings (SSSR count). The molecule has 0 radical (unpaired) electrons. The first-order chi connectivity index (χ1) is 9.97. The van der Waals surface area contributed by atoms with Crippen molar-refractivity contribution in [2.45, 2.75) is 26.8 Å². The van der Waals surface area contributed by atoms with Crippen LogP contribution in [0.3, 0.4) is 0 Å². The summed E-state index contributed by atoms with van der Waals surface area (Å²) in [6.07, 6.45) is 0. The first-order valence-electron chi connectivity index (χ1n) is 6.86. The Kier molecular flexibility index (Phi) is 4.58. The summed E-state index contributed by atoms with van der Waals surface area (Å²) in [5.41, 5.74) is 3.41. The van der Waals surface area contributed by atoms with Crippen LogP contribution in [0.1, 0.15) is 18.1 Å². The minimum Gasteiger partial charge on any atom is -0.374 e. The standard InChI is InChI=1S/C17H19FN2O/c1-11-8-9-14(10-12(11)2)19-13(3)17(21)20-16-7-5-4-6-15(16)18/h4-10,13,19H,1-3H3,(H,20,21)/t13-/m1/s1. The lowest BCUT2D eigenvalue weighted by Crippen LogP contribution is -2.32. The fraction of sp³-hybridized carbons (Fsp3) is 0.235. The van der Waals surface area contributed by atoms with Crippen molar-refractivity contribution in [3.63, 3.8) is 0 Å². The Balaban J connectivity index is 2.02. The third-order valence-corrected chi connectivity index (χ3v) is 3.42. The molecule has 0 bridgehead atoms. The fourth-order valence-corrected chi connectivity index (χ4v) is 1.95. The lowest BCUT2D eigenvalue weighted by Gasteiger charge is -2.16. The molecule has 0 fully saturated rings. The van der Waals surface area contributed by atoms with E-state index < -0.39 is 11.9 Å². The Morgan fingerprint density at radius 2 is 1.81 bits per heavy atom. The van der Waals surface area contributed by atoms with Crippen molar-refractivity contribution in [2.75, 3.05) is 10.6 Å². The van der Waals surface area contributed by atoms with Gasteiger partial charge in [0.2, 0.25) is 5.91 Å². The Labute approximate surface area is 124 Å². The number of hydrogen-bond donors (Lipinski definition) is 2. The Bertz CT molecular complexity index is 655. The van der Waals surface area contributed by atoms with Gasteiger partial charge in [0.05, 0.1) is 5.69 Å². The van der Waals surface area contributed by atoms with Gasteiger partial charge in [-0.15, -0.1) is 0 Å². The Morgan fingerprint density at radius 3 is 2.48 bits per heavy atom. The zero-order valence-corrected chi connectivity index (χ0v) is 12.4. The van der Waals surface area contributed by atoms with Crippen molar-refractivity contribution < 1.29 is 9.18 Å². The lowest BCUT2D eigenvalue weighted by molar-refractivity contribution is -0.116. The van der Waals surface area contributed by atoms with Gasteiger partial charge >= 0.3 is 0 Å². The number of carbonyl (C=O) groups excluding carboxylic acids is 1. The van der Waals surface area contributed by atoms with Crippen LogP contribution in [-0.4, -0.2) is 11.9 Å². The molecule has 2 aromatic rings. The van der Waals surface area contributed by atoms with Gasteiger partial charge in [-0.2, -0.15) is 0 Å². The van der Waals surface area contributed by atoms with Crippen molar-refractivity contribution in [3.8, 4) is 0 Å². The minimum atomic E-state index is -0.466. The Hall–Kier alpha value is -2.36. The molecule has 2 N–H and O–H groups in total. The maximum atomic E-state index is 13.5. The van der Waals surface area contributed by atoms with E-state index in [1.165, 1.54) is 17.7 Å². The Morgan fingerprint density at radius 1 is 1.10 bits per heavy atom. The van der Waals surface area contributed by atoms with Crippen LogP contribution in [-0.2, 0) is 4.79 Å². The average Bonchev–Trinajstić information content (AvgIpc) is 2.45. The summed E-state index contributed by atoms with van der Waals surface area (Å²) in [5, 5.41) is 5.69. The van der Waals surface area contributed by atoms with Gasteiger partial charge in [0, 0.05) is 5.69 Å². The average molecular weight is 286 g/mol. The van der Waals surface area contributed by atoms with E-state index in [4.69, 9.17) is 0 Å². The maximum absolute atomic E-state index is 13.5. The number of amides is 1. The van der Waals surface area contributed by atoms with Crippen molar-refractivity contribution >= 4 is 17.3 Å². The summed E-state index contributed by atoms with van der Waals surface area (Å²) < 4.78 is 13.5. The molecule has 2 aromatic carbocycles. The number of anilines is 2. The van der Waals surface area contributed by atoms with Crippen molar-refractivity contribution in [1.82, 2.24) is 0 Å². The largest absolute Gasteiger partial charge is 0.374 e. The van der Waals surface area contributed by atoms with Gasteiger partial charge in [0.25, 0.3) is 0 Å². The predicted octanol–water partition coefficient (Wildman–Crippen LogP) is 3.88. The second-order valence-electron chi connectivity index (χ2n) is 5.13. The highest BCUT2D eigenvalue weighted by Gasteiger charge is 2.14. The van der Waals surface area contributed by atoms with Gasteiger partial charge in [-0.25, -0.2) is 4.39 Å². The zero-order valence-electron chi connectivity index (χ0n) is 12.4. The van der Waals surface area contributed by atoms with E-state index in [1.54, 1.807) is 19.1 Å². The number of nitrogens with one attached hydrogen (secondary N) is 2. The minimum absolute atomic E-state index is 0.191. The lowest BCUT2D eigenvalue weighted by atomic mass is 10.1. The highest BCUT2D eigenvalue weighted by Crippen LogP contribution is 2.16. The molecule has 0 aromatic heterocycles. The van der Waals surface area contributed by atoms with Crippen molar-refractivity contribution in [2.24, 2.45) is 0 Å². The fourth-order valence-electron chi connectivity index (χ4n) is 1.95. The molecule has 21 heavy (non-hydrogen) atoms. The molecule has 0 aliphatic carbocycles. The molecule has 4 heteroatoms. The van der Waals surface area contributed by atoms with Gasteiger partial charge in [-0.1, -0.05) is 18.2 Å². The van der Waals surface area contributed by atoms with Crippen LogP contribution >= 0.6 is 0 Å². The first kappa shape index (κ1) is 15.0. The van der Waals surface area contributed by atoms with E-state index in [-0.39, 0.29) is 11.6 Å². The van der Waals surface area contributed by atoms with Crippen LogP contribution in [0, 0.1) is 19.7 Å². The van der Waals surface area contributed by atoms with Gasteiger partial charge in [0.15, 0.2) is 0 Å². The van der Waals surface area contributed by atoms with Crippen LogP contribution in [0.4, 0.5) is 15.8 Å². The van der Waals surface area contributed by atoms with E-state index >= 15 is 0 Å². The van der Waals surface area contributed by atoms with Crippen molar-refractivity contribution in [3.05, 3.63) is 59.4 Å². The number of aryl methyl sites for hydroxylation is 2. The molecule has 0 heterocycles. The molecular weight excluding hydrogens is 267 g/mol. The second-order valence-corrected chi connectivity index (χ2v) is 5.13. The summed E-state index contributed by atoms with van der Waals surface area (Å²) >= 11 is 0. The third-order valence-electron chi connectivity index (χ3n) is 3.42.